The van der Waals surface area contributed by atoms with Crippen LogP contribution in [0.4, 0.5) is 4.39 Å². The van der Waals surface area contributed by atoms with Crippen LogP contribution in [-0.2, 0) is 0 Å². The van der Waals surface area contributed by atoms with Crippen molar-refractivity contribution in [3.05, 3.63) is 29.6 Å². The Labute approximate surface area is 101 Å². The van der Waals surface area contributed by atoms with Gasteiger partial charge in [-0.25, -0.2) is 4.39 Å². The number of hydrogen-bond acceptors (Lipinski definition) is 3. The molecule has 0 radical (unpaired) electrons. The summed E-state index contributed by atoms with van der Waals surface area (Å²) in [6.07, 6.45) is 0.986. The van der Waals surface area contributed by atoms with E-state index in [1.54, 1.807) is 13.2 Å². The second kappa shape index (κ2) is 5.02. The smallest absolute Gasteiger partial charge is 0.127 e. The van der Waals surface area contributed by atoms with Gasteiger partial charge in [0.2, 0.25) is 0 Å². The fourth-order valence-electron chi connectivity index (χ4n) is 2.56. The molecule has 1 heterocycles. The molecule has 0 saturated carbocycles. The highest BCUT2D eigenvalue weighted by Crippen LogP contribution is 2.35. The van der Waals surface area contributed by atoms with Crippen molar-refractivity contribution < 1.29 is 9.13 Å². The molecule has 0 amide bonds. The van der Waals surface area contributed by atoms with Gasteiger partial charge in [0.15, 0.2) is 0 Å². The van der Waals surface area contributed by atoms with E-state index in [2.05, 4.69) is 11.9 Å². The van der Waals surface area contributed by atoms with E-state index < -0.39 is 0 Å². The molecule has 1 fully saturated rings. The molecule has 1 saturated heterocycles. The van der Waals surface area contributed by atoms with Gasteiger partial charge in [0.25, 0.3) is 0 Å². The Morgan fingerprint density at radius 2 is 2.24 bits per heavy atom. The third-order valence-electron chi connectivity index (χ3n) is 3.48. The zero-order valence-electron chi connectivity index (χ0n) is 10.3. The molecule has 0 aromatic heterocycles. The zero-order chi connectivity index (χ0) is 12.4. The highest BCUT2D eigenvalue weighted by atomic mass is 19.1. The van der Waals surface area contributed by atoms with Crippen LogP contribution in [0, 0.1) is 11.7 Å². The number of rotatable bonds is 3. The van der Waals surface area contributed by atoms with E-state index in [-0.39, 0.29) is 11.9 Å². The van der Waals surface area contributed by atoms with E-state index in [0.717, 1.165) is 18.5 Å². The molecule has 3 nitrogen and oxygen atoms in total. The lowest BCUT2D eigenvalue weighted by molar-refractivity contribution is 0.311. The monoisotopic (exact) mass is 238 g/mol. The van der Waals surface area contributed by atoms with Crippen LogP contribution in [0.15, 0.2) is 18.2 Å². The van der Waals surface area contributed by atoms with Crippen molar-refractivity contribution in [2.45, 2.75) is 12.5 Å². The lowest BCUT2D eigenvalue weighted by Gasteiger charge is -2.20. The predicted molar refractivity (Wildman–Crippen MR) is 65.5 cm³/mol. The minimum Gasteiger partial charge on any atom is -0.497 e. The molecule has 1 aliphatic heterocycles. The molecular formula is C13H19FN2O. The minimum atomic E-state index is -0.246. The number of benzene rings is 1. The summed E-state index contributed by atoms with van der Waals surface area (Å²) >= 11 is 0. The summed E-state index contributed by atoms with van der Waals surface area (Å²) in [4.78, 5) is 2.23. The van der Waals surface area contributed by atoms with Gasteiger partial charge in [-0.1, -0.05) is 0 Å². The molecule has 0 bridgehead atoms. The lowest BCUT2D eigenvalue weighted by Crippen LogP contribution is -2.20. The fraction of sp³-hybridized carbons (Fsp3) is 0.538. The van der Waals surface area contributed by atoms with Crippen molar-refractivity contribution >= 4 is 0 Å². The Balaban J connectivity index is 2.24. The van der Waals surface area contributed by atoms with E-state index in [0.29, 0.717) is 18.2 Å². The molecule has 17 heavy (non-hydrogen) atoms. The van der Waals surface area contributed by atoms with Crippen molar-refractivity contribution in [3.63, 3.8) is 0 Å². The summed E-state index contributed by atoms with van der Waals surface area (Å²) in [5.41, 5.74) is 6.67. The Morgan fingerprint density at radius 1 is 1.47 bits per heavy atom. The van der Waals surface area contributed by atoms with Crippen LogP contribution in [0.1, 0.15) is 18.0 Å². The lowest BCUT2D eigenvalue weighted by atomic mass is 9.99. The number of methoxy groups -OCH3 is 1. The Morgan fingerprint density at radius 3 is 2.82 bits per heavy atom. The van der Waals surface area contributed by atoms with Crippen molar-refractivity contribution in [1.29, 1.82) is 0 Å². The molecular weight excluding hydrogens is 219 g/mol. The molecule has 1 aromatic carbocycles. The van der Waals surface area contributed by atoms with E-state index in [1.165, 1.54) is 6.07 Å². The van der Waals surface area contributed by atoms with Crippen molar-refractivity contribution in [2.75, 3.05) is 27.2 Å². The summed E-state index contributed by atoms with van der Waals surface area (Å²) in [6.45, 7) is 1.66. The molecule has 2 N–H and O–H groups in total. The van der Waals surface area contributed by atoms with Gasteiger partial charge in [0.1, 0.15) is 11.6 Å². The average Bonchev–Trinajstić information content (AvgIpc) is 2.69. The van der Waals surface area contributed by atoms with Gasteiger partial charge in [-0.05, 0) is 43.6 Å². The average molecular weight is 238 g/mol. The van der Waals surface area contributed by atoms with Crippen LogP contribution in [0.25, 0.3) is 0 Å². The molecule has 2 atom stereocenters. The highest BCUT2D eigenvalue weighted by molar-refractivity contribution is 5.32. The van der Waals surface area contributed by atoms with E-state index in [4.69, 9.17) is 10.5 Å². The summed E-state index contributed by atoms with van der Waals surface area (Å²) in [5, 5.41) is 0. The molecule has 0 spiro atoms. The first kappa shape index (κ1) is 12.3. The van der Waals surface area contributed by atoms with E-state index in [1.807, 2.05) is 6.07 Å². The molecule has 1 aromatic rings. The zero-order valence-corrected chi connectivity index (χ0v) is 10.3. The molecule has 0 aliphatic carbocycles. The Hall–Kier alpha value is -1.13. The normalized spacial score (nSPS) is 25.2. The topological polar surface area (TPSA) is 38.5 Å². The van der Waals surface area contributed by atoms with Crippen molar-refractivity contribution in [3.8, 4) is 5.75 Å². The van der Waals surface area contributed by atoms with Crippen LogP contribution < -0.4 is 10.5 Å². The molecule has 94 valence electrons. The number of halogens is 1. The molecule has 2 rings (SSSR count). The maximum absolute atomic E-state index is 13.5. The fourth-order valence-corrected chi connectivity index (χ4v) is 2.56. The second-order valence-corrected chi connectivity index (χ2v) is 4.72. The van der Waals surface area contributed by atoms with Gasteiger partial charge in [-0.3, -0.25) is 4.90 Å². The second-order valence-electron chi connectivity index (χ2n) is 4.72. The number of hydrogen-bond donors (Lipinski definition) is 1. The quantitative estimate of drug-likeness (QED) is 0.872. The third kappa shape index (κ3) is 2.58. The van der Waals surface area contributed by atoms with Crippen molar-refractivity contribution in [2.24, 2.45) is 11.7 Å². The molecule has 2 unspecified atom stereocenters. The predicted octanol–water partition coefficient (Wildman–Crippen LogP) is 1.79. The van der Waals surface area contributed by atoms with Crippen LogP contribution in [-0.4, -0.2) is 32.1 Å². The van der Waals surface area contributed by atoms with Gasteiger partial charge in [0.05, 0.1) is 7.11 Å². The first-order valence-corrected chi connectivity index (χ1v) is 5.88. The Kier molecular flexibility index (Phi) is 3.64. The van der Waals surface area contributed by atoms with Crippen LogP contribution >= 0.6 is 0 Å². The summed E-state index contributed by atoms with van der Waals surface area (Å²) in [7, 11) is 3.61. The van der Waals surface area contributed by atoms with Gasteiger partial charge < -0.3 is 10.5 Å². The number of likely N-dealkylation sites (tertiary alicyclic amines) is 1. The number of nitrogens with zero attached hydrogens (tertiary/aromatic N) is 1. The summed E-state index contributed by atoms with van der Waals surface area (Å²) in [5.74, 6) is 0.827. The minimum absolute atomic E-state index is 0.244. The van der Waals surface area contributed by atoms with Crippen LogP contribution in [0.5, 0.6) is 5.75 Å². The van der Waals surface area contributed by atoms with E-state index >= 15 is 0 Å². The van der Waals surface area contributed by atoms with Gasteiger partial charge in [0, 0.05) is 18.7 Å². The third-order valence-corrected chi connectivity index (χ3v) is 3.48. The van der Waals surface area contributed by atoms with Gasteiger partial charge in [-0.15, -0.1) is 0 Å². The van der Waals surface area contributed by atoms with E-state index in [9.17, 15) is 4.39 Å². The van der Waals surface area contributed by atoms with Crippen LogP contribution in [0.3, 0.4) is 0 Å². The molecule has 4 heteroatoms. The summed E-state index contributed by atoms with van der Waals surface area (Å²) in [6, 6.07) is 5.14. The standard InChI is InChI=1S/C13H19FN2O/c1-16-8-9(7-15)3-13(16)10-4-11(14)6-12(5-10)17-2/h4-6,9,13H,3,7-8,15H2,1-2H3. The Bertz CT molecular complexity index is 397. The van der Waals surface area contributed by atoms with Gasteiger partial charge >= 0.3 is 0 Å². The van der Waals surface area contributed by atoms with Gasteiger partial charge in [-0.2, -0.15) is 0 Å². The largest absolute Gasteiger partial charge is 0.497 e. The SMILES string of the molecule is COc1cc(F)cc(C2CC(CN)CN2C)c1. The maximum Gasteiger partial charge on any atom is 0.127 e. The van der Waals surface area contributed by atoms with Crippen molar-refractivity contribution in [1.82, 2.24) is 4.90 Å². The van der Waals surface area contributed by atoms with Crippen LogP contribution in [0.2, 0.25) is 0 Å². The first-order valence-electron chi connectivity index (χ1n) is 5.88. The maximum atomic E-state index is 13.5. The number of ether oxygens (including phenoxy) is 1. The molecule has 1 aliphatic rings. The first-order chi connectivity index (χ1) is 8.13. The summed E-state index contributed by atoms with van der Waals surface area (Å²) < 4.78 is 18.6. The highest BCUT2D eigenvalue weighted by Gasteiger charge is 2.30. The number of nitrogens with two attached hydrogens (primary N) is 1.